The molecule has 1 aromatic rings. The van der Waals surface area contributed by atoms with E-state index in [4.69, 9.17) is 0 Å². The Bertz CT molecular complexity index is 606. The molecule has 1 heterocycles. The zero-order chi connectivity index (χ0) is 15.8. The first kappa shape index (κ1) is 15.2. The van der Waals surface area contributed by atoms with E-state index in [2.05, 4.69) is 5.32 Å². The molecule has 114 valence electrons. The van der Waals surface area contributed by atoms with Gasteiger partial charge in [0.1, 0.15) is 17.2 Å². The first-order chi connectivity index (χ1) is 9.75. The van der Waals surface area contributed by atoms with Crippen LogP contribution in [0.3, 0.4) is 0 Å². The smallest absolute Gasteiger partial charge is 0.329 e. The van der Waals surface area contributed by atoms with E-state index in [1.54, 1.807) is 0 Å². The molecule has 0 radical (unpaired) electrons. The molecule has 1 aromatic carbocycles. The summed E-state index contributed by atoms with van der Waals surface area (Å²) in [6.45, 7) is 3.10. The number of carbonyl (C=O) groups excluding carboxylic acids is 1. The van der Waals surface area contributed by atoms with Crippen LogP contribution in [0, 0.1) is 18.6 Å². The number of hydrogen-bond acceptors (Lipinski definition) is 2. The summed E-state index contributed by atoms with van der Waals surface area (Å²) in [6.07, 6.45) is 0.863. The Hall–Kier alpha value is -2.18. The molecule has 1 aliphatic heterocycles. The van der Waals surface area contributed by atoms with E-state index in [1.807, 2.05) is 0 Å². The number of nitrogens with one attached hydrogen (secondary N) is 1. The summed E-state index contributed by atoms with van der Waals surface area (Å²) in [7, 11) is 0. The highest BCUT2D eigenvalue weighted by Gasteiger charge is 2.46. The fourth-order valence-corrected chi connectivity index (χ4v) is 2.44. The normalized spacial score (nSPS) is 21.4. The number of carboxylic acid groups (broad SMARTS) is 1. The van der Waals surface area contributed by atoms with Crippen LogP contribution >= 0.6 is 0 Å². The summed E-state index contributed by atoms with van der Waals surface area (Å²) < 4.78 is 27.2. The molecule has 2 amide bonds. The highest BCUT2D eigenvalue weighted by Crippen LogP contribution is 2.30. The van der Waals surface area contributed by atoms with Crippen LogP contribution in [0.25, 0.3) is 0 Å². The minimum atomic E-state index is -1.33. The fraction of sp³-hybridized carbons (Fsp3) is 0.429. The summed E-state index contributed by atoms with van der Waals surface area (Å²) in [5.41, 5.74) is -1.51. The Labute approximate surface area is 120 Å². The number of anilines is 1. The largest absolute Gasteiger partial charge is 0.480 e. The van der Waals surface area contributed by atoms with Crippen LogP contribution in [0.2, 0.25) is 0 Å². The molecule has 1 fully saturated rings. The third-order valence-corrected chi connectivity index (χ3v) is 3.84. The maximum absolute atomic E-state index is 13.7. The van der Waals surface area contributed by atoms with Gasteiger partial charge in [-0.25, -0.2) is 18.4 Å². The van der Waals surface area contributed by atoms with Crippen LogP contribution < -0.4 is 5.32 Å². The summed E-state index contributed by atoms with van der Waals surface area (Å²) in [5.74, 6) is -2.53. The number of aliphatic carboxylic acids is 1. The number of carbonyl (C=O) groups is 2. The molecule has 0 aromatic heterocycles. The number of urea groups is 1. The second kappa shape index (κ2) is 5.31. The van der Waals surface area contributed by atoms with Gasteiger partial charge in [-0.2, -0.15) is 0 Å². The van der Waals surface area contributed by atoms with Crippen molar-refractivity contribution < 1.29 is 23.5 Å². The van der Waals surface area contributed by atoms with Crippen molar-refractivity contribution in [1.29, 1.82) is 0 Å². The van der Waals surface area contributed by atoms with Crippen LogP contribution in [0.5, 0.6) is 0 Å². The maximum atomic E-state index is 13.7. The molecular formula is C14H16F2N2O3. The Balaban J connectivity index is 2.22. The van der Waals surface area contributed by atoms with Crippen molar-refractivity contribution in [3.05, 3.63) is 29.3 Å². The first-order valence-electron chi connectivity index (χ1n) is 6.53. The molecule has 2 N–H and O–H groups in total. The molecule has 0 aliphatic carbocycles. The minimum Gasteiger partial charge on any atom is -0.480 e. The number of hydrogen-bond donors (Lipinski definition) is 2. The third-order valence-electron chi connectivity index (χ3n) is 3.84. The second-order valence-corrected chi connectivity index (χ2v) is 5.35. The summed E-state index contributed by atoms with van der Waals surface area (Å²) in [4.78, 5) is 24.6. The van der Waals surface area contributed by atoms with Crippen molar-refractivity contribution in [2.75, 3.05) is 11.9 Å². The van der Waals surface area contributed by atoms with Crippen LogP contribution in [-0.2, 0) is 4.79 Å². The monoisotopic (exact) mass is 298 g/mol. The molecule has 0 bridgehead atoms. The van der Waals surface area contributed by atoms with Crippen molar-refractivity contribution in [3.8, 4) is 0 Å². The van der Waals surface area contributed by atoms with Crippen molar-refractivity contribution in [2.45, 2.75) is 32.2 Å². The van der Waals surface area contributed by atoms with Gasteiger partial charge in [-0.15, -0.1) is 0 Å². The Morgan fingerprint density at radius 2 is 2.00 bits per heavy atom. The van der Waals surface area contributed by atoms with Gasteiger partial charge in [0, 0.05) is 12.6 Å². The van der Waals surface area contributed by atoms with E-state index in [-0.39, 0.29) is 17.8 Å². The van der Waals surface area contributed by atoms with Crippen molar-refractivity contribution in [3.63, 3.8) is 0 Å². The number of benzene rings is 1. The lowest BCUT2D eigenvalue weighted by molar-refractivity contribution is -0.146. The van der Waals surface area contributed by atoms with Gasteiger partial charge in [0.2, 0.25) is 0 Å². The molecule has 21 heavy (non-hydrogen) atoms. The molecule has 1 unspecified atom stereocenters. The lowest BCUT2D eigenvalue weighted by Gasteiger charge is -2.31. The van der Waals surface area contributed by atoms with Gasteiger partial charge < -0.3 is 15.3 Å². The topological polar surface area (TPSA) is 69.6 Å². The highest BCUT2D eigenvalue weighted by molar-refractivity contribution is 5.94. The SMILES string of the molecule is Cc1cc(F)c(NC(=O)N2CCCC2(C)C(=O)O)cc1F. The Morgan fingerprint density at radius 3 is 2.62 bits per heavy atom. The molecule has 7 heteroatoms. The van der Waals surface area contributed by atoms with Crippen LogP contribution in [0.4, 0.5) is 19.3 Å². The minimum absolute atomic E-state index is 0.127. The van der Waals surface area contributed by atoms with Gasteiger partial charge in [-0.05, 0) is 38.3 Å². The van der Waals surface area contributed by atoms with Crippen molar-refractivity contribution in [2.24, 2.45) is 0 Å². The lowest BCUT2D eigenvalue weighted by Crippen LogP contribution is -2.52. The molecule has 0 saturated carbocycles. The average molecular weight is 298 g/mol. The highest BCUT2D eigenvalue weighted by atomic mass is 19.1. The number of nitrogens with zero attached hydrogens (tertiary/aromatic N) is 1. The predicted octanol–water partition coefficient (Wildman–Crippen LogP) is 2.74. The molecule has 1 aliphatic rings. The average Bonchev–Trinajstić information content (AvgIpc) is 2.79. The zero-order valence-electron chi connectivity index (χ0n) is 11.7. The Kier molecular flexibility index (Phi) is 3.85. The number of halogens is 2. The molecular weight excluding hydrogens is 282 g/mol. The number of likely N-dealkylation sites (tertiary alicyclic amines) is 1. The van der Waals surface area contributed by atoms with Gasteiger partial charge >= 0.3 is 12.0 Å². The molecule has 1 atom stereocenters. The summed E-state index contributed by atoms with van der Waals surface area (Å²) >= 11 is 0. The fourth-order valence-electron chi connectivity index (χ4n) is 2.44. The number of rotatable bonds is 2. The predicted molar refractivity (Wildman–Crippen MR) is 72.1 cm³/mol. The molecule has 5 nitrogen and oxygen atoms in total. The van der Waals surface area contributed by atoms with Gasteiger partial charge in [0.25, 0.3) is 0 Å². The number of carboxylic acids is 1. The second-order valence-electron chi connectivity index (χ2n) is 5.35. The van der Waals surface area contributed by atoms with E-state index in [0.717, 1.165) is 17.0 Å². The van der Waals surface area contributed by atoms with Crippen molar-refractivity contribution >= 4 is 17.7 Å². The maximum Gasteiger partial charge on any atom is 0.329 e. The van der Waals surface area contributed by atoms with Gasteiger partial charge in [0.15, 0.2) is 0 Å². The van der Waals surface area contributed by atoms with Gasteiger partial charge in [-0.3, -0.25) is 0 Å². The number of amides is 2. The number of aryl methyl sites for hydroxylation is 1. The third kappa shape index (κ3) is 2.68. The summed E-state index contributed by atoms with van der Waals surface area (Å²) in [6, 6.07) is 1.11. The van der Waals surface area contributed by atoms with Gasteiger partial charge in [0.05, 0.1) is 5.69 Å². The quantitative estimate of drug-likeness (QED) is 0.882. The van der Waals surface area contributed by atoms with Crippen LogP contribution in [-0.4, -0.2) is 34.1 Å². The van der Waals surface area contributed by atoms with E-state index >= 15 is 0 Å². The zero-order valence-corrected chi connectivity index (χ0v) is 11.7. The van der Waals surface area contributed by atoms with E-state index < -0.39 is 29.2 Å². The van der Waals surface area contributed by atoms with E-state index in [0.29, 0.717) is 12.8 Å². The molecule has 1 saturated heterocycles. The standard InChI is InChI=1S/C14H16F2N2O3/c1-8-6-10(16)11(7-9(8)15)17-13(21)18-5-3-4-14(18,2)12(19)20/h6-7H,3-5H2,1-2H3,(H,17,21)(H,19,20). The van der Waals surface area contributed by atoms with Gasteiger partial charge in [-0.1, -0.05) is 0 Å². The molecule has 2 rings (SSSR count). The summed E-state index contributed by atoms with van der Waals surface area (Å²) in [5, 5.41) is 11.5. The molecule has 0 spiro atoms. The lowest BCUT2D eigenvalue weighted by atomic mass is 10.00. The Morgan fingerprint density at radius 1 is 1.33 bits per heavy atom. The van der Waals surface area contributed by atoms with Crippen LogP contribution in [0.1, 0.15) is 25.3 Å². The van der Waals surface area contributed by atoms with E-state index in [9.17, 15) is 23.5 Å². The van der Waals surface area contributed by atoms with E-state index in [1.165, 1.54) is 13.8 Å². The van der Waals surface area contributed by atoms with Crippen molar-refractivity contribution in [1.82, 2.24) is 4.90 Å². The van der Waals surface area contributed by atoms with Crippen LogP contribution in [0.15, 0.2) is 12.1 Å². The first-order valence-corrected chi connectivity index (χ1v) is 6.53.